The van der Waals surface area contributed by atoms with E-state index in [1.807, 2.05) is 0 Å². The van der Waals surface area contributed by atoms with Crippen LogP contribution in [0.15, 0.2) is 82.7 Å². The number of sulfone groups is 1. The van der Waals surface area contributed by atoms with Gasteiger partial charge in [-0.2, -0.15) is 0 Å². The van der Waals surface area contributed by atoms with Crippen LogP contribution in [0.5, 0.6) is 5.75 Å². The van der Waals surface area contributed by atoms with Crippen LogP contribution in [0.3, 0.4) is 0 Å². The number of halogens is 2. The van der Waals surface area contributed by atoms with E-state index >= 15 is 0 Å². The number of carbonyl (C=O) groups is 1. The summed E-state index contributed by atoms with van der Waals surface area (Å²) in [6.45, 7) is 1.79. The Morgan fingerprint density at radius 2 is 1.75 bits per heavy atom. The molecule has 40 heavy (non-hydrogen) atoms. The number of hydrogen-bond acceptors (Lipinski definition) is 7. The van der Waals surface area contributed by atoms with Crippen molar-refractivity contribution in [3.8, 4) is 5.75 Å². The largest absolute Gasteiger partial charge is 0.494 e. The van der Waals surface area contributed by atoms with Crippen molar-refractivity contribution in [1.29, 1.82) is 0 Å². The standard InChI is InChI=1S/C29H30F2N2O6S/c1-20-29(12-15-40(36,37)26-6-3-2-4-7-26,28(35)32-19-21-16-23(30)18-24(31)17-21)33-27(39-20)22-8-10-25(11-9-22)38-14-5-13-34/h2-4,6-11,16-18,20,34H,5,12-15,19H2,1H3,(H,32,35)/t20-,29-/m1/s1. The molecule has 2 N–H and O–H groups in total. The quantitative estimate of drug-likeness (QED) is 0.319. The molecule has 0 saturated heterocycles. The van der Waals surface area contributed by atoms with E-state index in [9.17, 15) is 22.0 Å². The fourth-order valence-corrected chi connectivity index (χ4v) is 5.72. The van der Waals surface area contributed by atoms with Crippen molar-refractivity contribution < 1.29 is 36.6 Å². The van der Waals surface area contributed by atoms with Crippen LogP contribution in [-0.2, 0) is 25.9 Å². The summed E-state index contributed by atoms with van der Waals surface area (Å²) in [5, 5.41) is 11.6. The van der Waals surface area contributed by atoms with Gasteiger partial charge in [0, 0.05) is 31.2 Å². The predicted octanol–water partition coefficient (Wildman–Crippen LogP) is 3.81. The van der Waals surface area contributed by atoms with Gasteiger partial charge in [-0.3, -0.25) is 4.79 Å². The van der Waals surface area contributed by atoms with Crippen LogP contribution >= 0.6 is 0 Å². The number of hydrogen-bond donors (Lipinski definition) is 2. The smallest absolute Gasteiger partial charge is 0.252 e. The molecule has 0 saturated carbocycles. The maximum atomic E-state index is 13.7. The van der Waals surface area contributed by atoms with Crippen molar-refractivity contribution in [3.05, 3.63) is 95.6 Å². The SMILES string of the molecule is C[C@H]1OC(c2ccc(OCCCO)cc2)=N[C@@]1(CCS(=O)(=O)c1ccccc1)C(=O)NCc1cc(F)cc(F)c1. The van der Waals surface area contributed by atoms with Crippen LogP contribution in [0.1, 0.15) is 30.9 Å². The van der Waals surface area contributed by atoms with Crippen molar-refractivity contribution in [1.82, 2.24) is 5.32 Å². The minimum atomic E-state index is -3.76. The number of ether oxygens (including phenoxy) is 2. The molecule has 11 heteroatoms. The first-order valence-corrected chi connectivity index (χ1v) is 14.4. The third-order valence-corrected chi connectivity index (χ3v) is 8.29. The molecule has 0 aliphatic carbocycles. The van der Waals surface area contributed by atoms with Gasteiger partial charge in [0.25, 0.3) is 5.91 Å². The molecular weight excluding hydrogens is 542 g/mol. The maximum absolute atomic E-state index is 13.7. The molecule has 0 unspecified atom stereocenters. The molecule has 8 nitrogen and oxygen atoms in total. The highest BCUT2D eigenvalue weighted by Crippen LogP contribution is 2.34. The highest BCUT2D eigenvalue weighted by Gasteiger charge is 2.50. The number of amides is 1. The Bertz CT molecular complexity index is 1450. The van der Waals surface area contributed by atoms with Crippen LogP contribution in [0.4, 0.5) is 8.78 Å². The molecular formula is C29H30F2N2O6S. The predicted molar refractivity (Wildman–Crippen MR) is 145 cm³/mol. The van der Waals surface area contributed by atoms with Crippen LogP contribution < -0.4 is 10.1 Å². The molecule has 0 spiro atoms. The minimum Gasteiger partial charge on any atom is -0.494 e. The highest BCUT2D eigenvalue weighted by molar-refractivity contribution is 7.91. The first-order chi connectivity index (χ1) is 19.1. The molecule has 1 heterocycles. The Morgan fingerprint density at radius 1 is 1.07 bits per heavy atom. The zero-order chi connectivity index (χ0) is 28.8. The minimum absolute atomic E-state index is 0.0128. The molecule has 0 fully saturated rings. The summed E-state index contributed by atoms with van der Waals surface area (Å²) in [4.78, 5) is 18.4. The second-order valence-corrected chi connectivity index (χ2v) is 11.5. The van der Waals surface area contributed by atoms with Crippen molar-refractivity contribution in [2.75, 3.05) is 19.0 Å². The second-order valence-electron chi connectivity index (χ2n) is 9.39. The van der Waals surface area contributed by atoms with Gasteiger partial charge in [0.05, 0.1) is 17.3 Å². The van der Waals surface area contributed by atoms with Gasteiger partial charge in [-0.05, 0) is 67.4 Å². The summed E-state index contributed by atoms with van der Waals surface area (Å²) in [5.74, 6) is -1.86. The number of aliphatic imine (C=N–C) groups is 1. The Labute approximate surface area is 231 Å². The third-order valence-electron chi connectivity index (χ3n) is 6.56. The number of aliphatic hydroxyl groups is 1. The lowest BCUT2D eigenvalue weighted by Crippen LogP contribution is -2.51. The number of carbonyl (C=O) groups excluding carboxylic acids is 1. The summed E-state index contributed by atoms with van der Waals surface area (Å²) in [7, 11) is -3.76. The molecule has 2 atom stereocenters. The number of aliphatic hydroxyl groups excluding tert-OH is 1. The molecule has 1 amide bonds. The van der Waals surface area contributed by atoms with Gasteiger partial charge < -0.3 is 19.9 Å². The van der Waals surface area contributed by atoms with E-state index in [0.717, 1.165) is 18.2 Å². The van der Waals surface area contributed by atoms with E-state index in [4.69, 9.17) is 14.6 Å². The first-order valence-electron chi connectivity index (χ1n) is 12.7. The summed E-state index contributed by atoms with van der Waals surface area (Å²) < 4.78 is 65.0. The van der Waals surface area contributed by atoms with E-state index in [1.165, 1.54) is 12.1 Å². The molecule has 0 radical (unpaired) electrons. The third kappa shape index (κ3) is 6.83. The zero-order valence-corrected chi connectivity index (χ0v) is 22.7. The zero-order valence-electron chi connectivity index (χ0n) is 21.8. The van der Waals surface area contributed by atoms with Crippen molar-refractivity contribution in [3.63, 3.8) is 0 Å². The van der Waals surface area contributed by atoms with Gasteiger partial charge in [-0.15, -0.1) is 0 Å². The summed E-state index contributed by atoms with van der Waals surface area (Å²) in [6.07, 6.45) is -0.556. The maximum Gasteiger partial charge on any atom is 0.252 e. The monoisotopic (exact) mass is 572 g/mol. The van der Waals surface area contributed by atoms with E-state index in [1.54, 1.807) is 49.4 Å². The van der Waals surface area contributed by atoms with Crippen molar-refractivity contribution in [2.45, 2.75) is 42.8 Å². The van der Waals surface area contributed by atoms with Gasteiger partial charge in [-0.25, -0.2) is 22.2 Å². The lowest BCUT2D eigenvalue weighted by atomic mass is 9.90. The number of benzene rings is 3. The second kappa shape index (κ2) is 12.6. The van der Waals surface area contributed by atoms with Gasteiger partial charge in [-0.1, -0.05) is 18.2 Å². The molecule has 0 bridgehead atoms. The average Bonchev–Trinajstić information content (AvgIpc) is 3.28. The Hall–Kier alpha value is -3.83. The Balaban J connectivity index is 1.61. The fraction of sp³-hybridized carbons (Fsp3) is 0.310. The van der Waals surface area contributed by atoms with Crippen LogP contribution in [-0.4, -0.2) is 55.9 Å². The first kappa shape index (κ1) is 29.2. The number of rotatable bonds is 12. The van der Waals surface area contributed by atoms with Crippen LogP contribution in [0, 0.1) is 11.6 Å². The summed E-state index contributed by atoms with van der Waals surface area (Å²) in [6, 6.07) is 17.6. The highest BCUT2D eigenvalue weighted by atomic mass is 32.2. The molecule has 212 valence electrons. The molecule has 3 aromatic carbocycles. The van der Waals surface area contributed by atoms with Gasteiger partial charge in [0.2, 0.25) is 5.90 Å². The lowest BCUT2D eigenvalue weighted by molar-refractivity contribution is -0.128. The van der Waals surface area contributed by atoms with Crippen molar-refractivity contribution in [2.24, 2.45) is 4.99 Å². The van der Waals surface area contributed by atoms with Crippen LogP contribution in [0.2, 0.25) is 0 Å². The van der Waals surface area contributed by atoms with E-state index < -0.39 is 39.0 Å². The fourth-order valence-electron chi connectivity index (χ4n) is 4.34. The van der Waals surface area contributed by atoms with Gasteiger partial charge in [0.15, 0.2) is 15.4 Å². The van der Waals surface area contributed by atoms with Gasteiger partial charge in [0.1, 0.15) is 23.5 Å². The Morgan fingerprint density at radius 3 is 2.40 bits per heavy atom. The Kier molecular flexibility index (Phi) is 9.16. The van der Waals surface area contributed by atoms with Crippen LogP contribution in [0.25, 0.3) is 0 Å². The normalized spacial score (nSPS) is 18.6. The molecule has 1 aliphatic rings. The number of nitrogens with one attached hydrogen (secondary N) is 1. The van der Waals surface area contributed by atoms with Gasteiger partial charge >= 0.3 is 0 Å². The molecule has 4 rings (SSSR count). The number of nitrogens with zero attached hydrogens (tertiary/aromatic N) is 1. The average molecular weight is 573 g/mol. The summed E-state index contributed by atoms with van der Waals surface area (Å²) in [5.41, 5.74) is -0.876. The topological polar surface area (TPSA) is 114 Å². The molecule has 1 aliphatic heterocycles. The van der Waals surface area contributed by atoms with E-state index in [0.29, 0.717) is 24.3 Å². The lowest BCUT2D eigenvalue weighted by Gasteiger charge is -2.28. The summed E-state index contributed by atoms with van der Waals surface area (Å²) >= 11 is 0. The molecule has 3 aromatic rings. The van der Waals surface area contributed by atoms with E-state index in [2.05, 4.69) is 10.3 Å². The van der Waals surface area contributed by atoms with Crippen molar-refractivity contribution >= 4 is 21.6 Å². The van der Waals surface area contributed by atoms with E-state index in [-0.39, 0.29) is 41.7 Å². The molecule has 0 aromatic heterocycles.